The van der Waals surface area contributed by atoms with Crippen LogP contribution in [-0.2, 0) is 14.3 Å². The van der Waals surface area contributed by atoms with E-state index in [9.17, 15) is 4.79 Å². The maximum absolute atomic E-state index is 11.3. The molecule has 0 bridgehead atoms. The molecule has 1 atom stereocenters. The van der Waals surface area contributed by atoms with Crippen molar-refractivity contribution in [2.45, 2.75) is 19.4 Å². The topological polar surface area (TPSA) is 88.3 Å². The first-order valence-corrected chi connectivity index (χ1v) is 6.31. The molecule has 0 spiro atoms. The number of esters is 1. The van der Waals surface area contributed by atoms with Crippen LogP contribution in [0.25, 0.3) is 0 Å². The van der Waals surface area contributed by atoms with E-state index in [1.54, 1.807) is 6.07 Å². The number of ether oxygens (including phenoxy) is 2. The number of carbonyl (C=O) groups is 1. The van der Waals surface area contributed by atoms with Gasteiger partial charge in [-0.1, -0.05) is 0 Å². The molecule has 0 saturated carbocycles. The quantitative estimate of drug-likeness (QED) is 0.739. The molecule has 1 aliphatic heterocycles. The van der Waals surface area contributed by atoms with Crippen LogP contribution in [0, 0.1) is 18.3 Å². The Labute approximate surface area is 117 Å². The van der Waals surface area contributed by atoms with Crippen molar-refractivity contribution in [3.63, 3.8) is 0 Å². The average molecular weight is 276 g/mol. The van der Waals surface area contributed by atoms with E-state index in [0.717, 1.165) is 5.69 Å². The lowest BCUT2D eigenvalue weighted by Crippen LogP contribution is -2.44. The average Bonchev–Trinajstić information content (AvgIpc) is 2.46. The molecular formula is C13H16N4O3. The first kappa shape index (κ1) is 14.2. The van der Waals surface area contributed by atoms with Gasteiger partial charge in [-0.25, -0.2) is 9.97 Å². The van der Waals surface area contributed by atoms with Gasteiger partial charge in [-0.05, 0) is 13.0 Å². The second-order valence-electron chi connectivity index (χ2n) is 4.53. The summed E-state index contributed by atoms with van der Waals surface area (Å²) in [5.74, 6) is 0.194. The van der Waals surface area contributed by atoms with Gasteiger partial charge in [0.05, 0.1) is 26.2 Å². The number of hydrogen-bond donors (Lipinski definition) is 0. The molecule has 0 aliphatic carbocycles. The summed E-state index contributed by atoms with van der Waals surface area (Å²) in [6.45, 7) is 3.44. The predicted octanol–water partition coefficient (Wildman–Crippen LogP) is 0.425. The van der Waals surface area contributed by atoms with Crippen LogP contribution in [0.5, 0.6) is 0 Å². The van der Waals surface area contributed by atoms with Gasteiger partial charge in [0.1, 0.15) is 11.8 Å². The summed E-state index contributed by atoms with van der Waals surface area (Å²) in [5, 5.41) is 8.94. The molecule has 20 heavy (non-hydrogen) atoms. The minimum Gasteiger partial charge on any atom is -0.469 e. The van der Waals surface area contributed by atoms with Crippen LogP contribution in [0.3, 0.4) is 0 Å². The van der Waals surface area contributed by atoms with Crippen LogP contribution >= 0.6 is 0 Å². The standard InChI is InChI=1S/C13H16N4O3/c1-9-5-10(7-14)16-13(15-9)17-3-4-20-11(8-17)6-12(18)19-2/h5,11H,3-4,6,8H2,1-2H3. The number of aromatic nitrogens is 2. The maximum atomic E-state index is 11.3. The summed E-state index contributed by atoms with van der Waals surface area (Å²) in [6, 6.07) is 3.65. The van der Waals surface area contributed by atoms with E-state index in [1.807, 2.05) is 17.9 Å². The molecule has 1 saturated heterocycles. The van der Waals surface area contributed by atoms with Crippen molar-refractivity contribution in [1.82, 2.24) is 9.97 Å². The first-order chi connectivity index (χ1) is 9.62. The summed E-state index contributed by atoms with van der Waals surface area (Å²) in [4.78, 5) is 21.7. The second kappa shape index (κ2) is 6.30. The van der Waals surface area contributed by atoms with Crippen molar-refractivity contribution in [2.24, 2.45) is 0 Å². The van der Waals surface area contributed by atoms with Crippen molar-refractivity contribution in [3.05, 3.63) is 17.5 Å². The second-order valence-corrected chi connectivity index (χ2v) is 4.53. The van der Waals surface area contributed by atoms with E-state index in [2.05, 4.69) is 14.7 Å². The molecule has 1 aromatic rings. The molecule has 7 nitrogen and oxygen atoms in total. The number of rotatable bonds is 3. The molecule has 7 heteroatoms. The Kier molecular flexibility index (Phi) is 4.48. The van der Waals surface area contributed by atoms with Crippen molar-refractivity contribution >= 4 is 11.9 Å². The van der Waals surface area contributed by atoms with E-state index in [-0.39, 0.29) is 18.5 Å². The van der Waals surface area contributed by atoms with Crippen LogP contribution in [0.1, 0.15) is 17.8 Å². The van der Waals surface area contributed by atoms with Gasteiger partial charge in [0.25, 0.3) is 0 Å². The lowest BCUT2D eigenvalue weighted by molar-refractivity contribution is -0.144. The smallest absolute Gasteiger partial charge is 0.308 e. The summed E-state index contributed by atoms with van der Waals surface area (Å²) >= 11 is 0. The first-order valence-electron chi connectivity index (χ1n) is 6.31. The Balaban J connectivity index is 2.11. The van der Waals surface area contributed by atoms with Gasteiger partial charge in [-0.3, -0.25) is 4.79 Å². The van der Waals surface area contributed by atoms with Gasteiger partial charge < -0.3 is 14.4 Å². The van der Waals surface area contributed by atoms with Gasteiger partial charge in [-0.2, -0.15) is 5.26 Å². The molecule has 0 N–H and O–H groups in total. The summed E-state index contributed by atoms with van der Waals surface area (Å²) < 4.78 is 10.2. The van der Waals surface area contributed by atoms with E-state index in [0.29, 0.717) is 31.3 Å². The molecule has 1 aliphatic rings. The molecule has 106 valence electrons. The van der Waals surface area contributed by atoms with E-state index < -0.39 is 0 Å². The number of methoxy groups -OCH3 is 1. The zero-order chi connectivity index (χ0) is 14.5. The highest BCUT2D eigenvalue weighted by molar-refractivity contribution is 5.69. The summed E-state index contributed by atoms with van der Waals surface area (Å²) in [6.07, 6.45) is -0.0462. The summed E-state index contributed by atoms with van der Waals surface area (Å²) in [5.41, 5.74) is 1.08. The van der Waals surface area contributed by atoms with Crippen molar-refractivity contribution in [3.8, 4) is 6.07 Å². The van der Waals surface area contributed by atoms with Gasteiger partial charge in [0.2, 0.25) is 5.95 Å². The fourth-order valence-corrected chi connectivity index (χ4v) is 2.05. The van der Waals surface area contributed by atoms with E-state index in [4.69, 9.17) is 10.00 Å². The highest BCUT2D eigenvalue weighted by Crippen LogP contribution is 2.16. The third-order valence-electron chi connectivity index (χ3n) is 3.00. The Morgan fingerprint density at radius 1 is 1.65 bits per heavy atom. The lowest BCUT2D eigenvalue weighted by Gasteiger charge is -2.32. The monoisotopic (exact) mass is 276 g/mol. The van der Waals surface area contributed by atoms with Crippen LogP contribution in [-0.4, -0.2) is 48.8 Å². The Bertz CT molecular complexity index is 541. The Morgan fingerprint density at radius 3 is 3.15 bits per heavy atom. The minimum absolute atomic E-state index is 0.198. The molecule has 2 heterocycles. The largest absolute Gasteiger partial charge is 0.469 e. The van der Waals surface area contributed by atoms with E-state index >= 15 is 0 Å². The van der Waals surface area contributed by atoms with Crippen LogP contribution in [0.2, 0.25) is 0 Å². The van der Waals surface area contributed by atoms with Gasteiger partial charge in [0.15, 0.2) is 0 Å². The fraction of sp³-hybridized carbons (Fsp3) is 0.538. The normalized spacial score (nSPS) is 18.4. The van der Waals surface area contributed by atoms with Crippen molar-refractivity contribution in [2.75, 3.05) is 31.7 Å². The van der Waals surface area contributed by atoms with Crippen LogP contribution < -0.4 is 4.90 Å². The van der Waals surface area contributed by atoms with Crippen LogP contribution in [0.15, 0.2) is 6.07 Å². The SMILES string of the molecule is COC(=O)CC1CN(c2nc(C)cc(C#N)n2)CCO1. The molecule has 2 rings (SSSR count). The summed E-state index contributed by atoms with van der Waals surface area (Å²) in [7, 11) is 1.35. The van der Waals surface area contributed by atoms with Crippen molar-refractivity contribution < 1.29 is 14.3 Å². The lowest BCUT2D eigenvalue weighted by atomic mass is 10.2. The number of aryl methyl sites for hydroxylation is 1. The van der Waals surface area contributed by atoms with Gasteiger partial charge in [-0.15, -0.1) is 0 Å². The molecule has 0 amide bonds. The molecule has 0 radical (unpaired) electrons. The molecule has 0 aromatic carbocycles. The fourth-order valence-electron chi connectivity index (χ4n) is 2.05. The minimum atomic E-state index is -0.306. The Hall–Kier alpha value is -2.20. The van der Waals surface area contributed by atoms with Crippen molar-refractivity contribution in [1.29, 1.82) is 5.26 Å². The number of hydrogen-bond acceptors (Lipinski definition) is 7. The number of nitriles is 1. The molecule has 1 aromatic heterocycles. The zero-order valence-electron chi connectivity index (χ0n) is 11.5. The molecule has 1 fully saturated rings. The zero-order valence-corrected chi connectivity index (χ0v) is 11.5. The van der Waals surface area contributed by atoms with Crippen LogP contribution in [0.4, 0.5) is 5.95 Å². The van der Waals surface area contributed by atoms with Gasteiger partial charge in [0, 0.05) is 18.8 Å². The number of anilines is 1. The maximum Gasteiger partial charge on any atom is 0.308 e. The number of nitrogens with zero attached hydrogens (tertiary/aromatic N) is 4. The number of carbonyl (C=O) groups excluding carboxylic acids is 1. The molecular weight excluding hydrogens is 260 g/mol. The van der Waals surface area contributed by atoms with Gasteiger partial charge >= 0.3 is 5.97 Å². The third kappa shape index (κ3) is 3.42. The Morgan fingerprint density at radius 2 is 2.45 bits per heavy atom. The molecule has 1 unspecified atom stereocenters. The highest BCUT2D eigenvalue weighted by Gasteiger charge is 2.25. The highest BCUT2D eigenvalue weighted by atomic mass is 16.5. The predicted molar refractivity (Wildman–Crippen MR) is 70.1 cm³/mol. The third-order valence-corrected chi connectivity index (χ3v) is 3.00. The number of morpholine rings is 1. The van der Waals surface area contributed by atoms with E-state index in [1.165, 1.54) is 7.11 Å².